The summed E-state index contributed by atoms with van der Waals surface area (Å²) in [4.78, 5) is 16.2. The summed E-state index contributed by atoms with van der Waals surface area (Å²) in [5, 5.41) is 2.88. The van der Waals surface area contributed by atoms with Gasteiger partial charge in [-0.25, -0.2) is 4.98 Å². The van der Waals surface area contributed by atoms with Crippen LogP contribution in [0.3, 0.4) is 0 Å². The highest BCUT2D eigenvalue weighted by molar-refractivity contribution is 5.90. The maximum atomic E-state index is 11.6. The fourth-order valence-electron chi connectivity index (χ4n) is 2.57. The molecule has 4 nitrogen and oxygen atoms in total. The van der Waals surface area contributed by atoms with Crippen LogP contribution in [0.15, 0.2) is 46.9 Å². The van der Waals surface area contributed by atoms with Crippen molar-refractivity contribution < 1.29 is 9.21 Å². The van der Waals surface area contributed by atoms with Crippen LogP contribution in [0.4, 0.5) is 5.69 Å². The lowest BCUT2D eigenvalue weighted by Crippen LogP contribution is -2.10. The molecule has 1 heterocycles. The maximum absolute atomic E-state index is 11.6. The second kappa shape index (κ2) is 6.87. The summed E-state index contributed by atoms with van der Waals surface area (Å²) in [7, 11) is 0. The van der Waals surface area contributed by atoms with Crippen molar-refractivity contribution in [2.24, 2.45) is 0 Å². The number of carbonyl (C=O) groups excluding carboxylic acids is 1. The lowest BCUT2D eigenvalue weighted by atomic mass is 10.0. The SMILES string of the molecule is CCCC(=O)Nc1ccc(-c2nc3cc(C(C)C)ccc3o2)cc1. The minimum absolute atomic E-state index is 0.0355. The Morgan fingerprint density at radius 3 is 2.58 bits per heavy atom. The summed E-state index contributed by atoms with van der Waals surface area (Å²) in [5.74, 6) is 1.09. The van der Waals surface area contributed by atoms with E-state index in [9.17, 15) is 4.79 Å². The monoisotopic (exact) mass is 322 g/mol. The van der Waals surface area contributed by atoms with E-state index in [0.29, 0.717) is 18.2 Å². The highest BCUT2D eigenvalue weighted by Crippen LogP contribution is 2.27. The molecule has 0 aliphatic carbocycles. The van der Waals surface area contributed by atoms with Crippen molar-refractivity contribution in [2.75, 3.05) is 5.32 Å². The van der Waals surface area contributed by atoms with Gasteiger partial charge in [0, 0.05) is 17.7 Å². The number of carbonyl (C=O) groups is 1. The van der Waals surface area contributed by atoms with Gasteiger partial charge in [-0.2, -0.15) is 0 Å². The third-order valence-electron chi connectivity index (χ3n) is 3.97. The van der Waals surface area contributed by atoms with Gasteiger partial charge in [-0.15, -0.1) is 0 Å². The first-order chi connectivity index (χ1) is 11.6. The molecule has 0 saturated carbocycles. The van der Waals surface area contributed by atoms with Crippen LogP contribution in [0.1, 0.15) is 45.1 Å². The van der Waals surface area contributed by atoms with Crippen LogP contribution in [-0.2, 0) is 4.79 Å². The molecule has 0 aliphatic heterocycles. The van der Waals surface area contributed by atoms with E-state index in [-0.39, 0.29) is 5.91 Å². The van der Waals surface area contributed by atoms with Crippen LogP contribution in [-0.4, -0.2) is 10.9 Å². The van der Waals surface area contributed by atoms with Gasteiger partial charge in [-0.1, -0.05) is 26.8 Å². The largest absolute Gasteiger partial charge is 0.436 e. The smallest absolute Gasteiger partial charge is 0.227 e. The number of nitrogens with one attached hydrogen (secondary N) is 1. The zero-order chi connectivity index (χ0) is 17.1. The third kappa shape index (κ3) is 3.48. The lowest BCUT2D eigenvalue weighted by Gasteiger charge is -2.04. The highest BCUT2D eigenvalue weighted by atomic mass is 16.3. The molecule has 0 fully saturated rings. The van der Waals surface area contributed by atoms with Crippen molar-refractivity contribution in [3.8, 4) is 11.5 Å². The van der Waals surface area contributed by atoms with Crippen LogP contribution >= 0.6 is 0 Å². The molecule has 1 N–H and O–H groups in total. The summed E-state index contributed by atoms with van der Waals surface area (Å²) in [6.07, 6.45) is 1.37. The molecule has 1 aromatic heterocycles. The molecule has 24 heavy (non-hydrogen) atoms. The quantitative estimate of drug-likeness (QED) is 0.688. The van der Waals surface area contributed by atoms with Crippen LogP contribution in [0.5, 0.6) is 0 Å². The lowest BCUT2D eigenvalue weighted by molar-refractivity contribution is -0.116. The molecule has 0 atom stereocenters. The maximum Gasteiger partial charge on any atom is 0.227 e. The molecule has 1 amide bonds. The van der Waals surface area contributed by atoms with Crippen molar-refractivity contribution in [1.82, 2.24) is 4.98 Å². The van der Waals surface area contributed by atoms with Gasteiger partial charge < -0.3 is 9.73 Å². The third-order valence-corrected chi connectivity index (χ3v) is 3.97. The minimum Gasteiger partial charge on any atom is -0.436 e. The Morgan fingerprint density at radius 2 is 1.92 bits per heavy atom. The van der Waals surface area contributed by atoms with E-state index in [1.54, 1.807) is 0 Å². The Hall–Kier alpha value is -2.62. The zero-order valence-electron chi connectivity index (χ0n) is 14.3. The van der Waals surface area contributed by atoms with Gasteiger partial charge in [0.15, 0.2) is 5.58 Å². The number of nitrogens with zero attached hydrogens (tertiary/aromatic N) is 1. The van der Waals surface area contributed by atoms with E-state index in [0.717, 1.165) is 28.8 Å². The first-order valence-electron chi connectivity index (χ1n) is 8.37. The van der Waals surface area contributed by atoms with E-state index >= 15 is 0 Å². The second-order valence-corrected chi connectivity index (χ2v) is 6.28. The Labute approximate surface area is 141 Å². The van der Waals surface area contributed by atoms with Crippen molar-refractivity contribution in [3.63, 3.8) is 0 Å². The minimum atomic E-state index is 0.0355. The molecule has 124 valence electrons. The molecule has 0 aliphatic rings. The van der Waals surface area contributed by atoms with Crippen LogP contribution in [0, 0.1) is 0 Å². The molecule has 0 radical (unpaired) electrons. The first kappa shape index (κ1) is 16.2. The predicted octanol–water partition coefficient (Wildman–Crippen LogP) is 5.36. The van der Waals surface area contributed by atoms with Crippen molar-refractivity contribution >= 4 is 22.7 Å². The van der Waals surface area contributed by atoms with Crippen molar-refractivity contribution in [2.45, 2.75) is 39.5 Å². The van der Waals surface area contributed by atoms with Gasteiger partial charge >= 0.3 is 0 Å². The number of aromatic nitrogens is 1. The van der Waals surface area contributed by atoms with E-state index in [2.05, 4.69) is 36.3 Å². The van der Waals surface area contributed by atoms with Gasteiger partial charge in [0.1, 0.15) is 5.52 Å². The molecule has 3 aromatic rings. The topological polar surface area (TPSA) is 55.1 Å². The number of benzene rings is 2. The summed E-state index contributed by atoms with van der Waals surface area (Å²) in [5.41, 5.74) is 4.59. The Morgan fingerprint density at radius 1 is 1.17 bits per heavy atom. The first-order valence-corrected chi connectivity index (χ1v) is 8.37. The molecular formula is C20H22N2O2. The van der Waals surface area contributed by atoms with Crippen molar-refractivity contribution in [1.29, 1.82) is 0 Å². The van der Waals surface area contributed by atoms with Gasteiger partial charge in [0.05, 0.1) is 0 Å². The summed E-state index contributed by atoms with van der Waals surface area (Å²) in [6.45, 7) is 6.31. The van der Waals surface area contributed by atoms with Crippen LogP contribution in [0.25, 0.3) is 22.6 Å². The Kier molecular flexibility index (Phi) is 4.65. The number of oxazole rings is 1. The fourth-order valence-corrected chi connectivity index (χ4v) is 2.57. The van der Waals surface area contributed by atoms with E-state index in [4.69, 9.17) is 4.42 Å². The van der Waals surface area contributed by atoms with Crippen LogP contribution < -0.4 is 5.32 Å². The molecule has 3 rings (SSSR count). The van der Waals surface area contributed by atoms with Crippen molar-refractivity contribution in [3.05, 3.63) is 48.0 Å². The van der Waals surface area contributed by atoms with E-state index in [1.807, 2.05) is 37.3 Å². The molecule has 0 bridgehead atoms. The molecule has 0 saturated heterocycles. The molecule has 0 spiro atoms. The summed E-state index contributed by atoms with van der Waals surface area (Å²) < 4.78 is 5.85. The molecule has 2 aromatic carbocycles. The average molecular weight is 322 g/mol. The van der Waals surface area contributed by atoms with E-state index in [1.165, 1.54) is 5.56 Å². The normalized spacial score (nSPS) is 11.2. The number of rotatable bonds is 5. The van der Waals surface area contributed by atoms with Gasteiger partial charge in [0.25, 0.3) is 0 Å². The zero-order valence-corrected chi connectivity index (χ0v) is 14.3. The number of amides is 1. The number of fused-ring (bicyclic) bond motifs is 1. The Bertz CT molecular complexity index is 848. The van der Waals surface area contributed by atoms with Gasteiger partial charge in [0.2, 0.25) is 11.8 Å². The summed E-state index contributed by atoms with van der Waals surface area (Å²) >= 11 is 0. The average Bonchev–Trinajstić information content (AvgIpc) is 2.98. The number of hydrogen-bond donors (Lipinski definition) is 1. The number of hydrogen-bond acceptors (Lipinski definition) is 3. The molecular weight excluding hydrogens is 300 g/mol. The molecule has 4 heteroatoms. The van der Waals surface area contributed by atoms with Gasteiger partial charge in [-0.05, 0) is 54.3 Å². The number of anilines is 1. The summed E-state index contributed by atoms with van der Waals surface area (Å²) in [6, 6.07) is 13.7. The fraction of sp³-hybridized carbons (Fsp3) is 0.300. The van der Waals surface area contributed by atoms with E-state index < -0.39 is 0 Å². The van der Waals surface area contributed by atoms with Crippen LogP contribution in [0.2, 0.25) is 0 Å². The second-order valence-electron chi connectivity index (χ2n) is 6.28. The predicted molar refractivity (Wildman–Crippen MR) is 97.1 cm³/mol. The Balaban J connectivity index is 1.83. The van der Waals surface area contributed by atoms with Gasteiger partial charge in [-0.3, -0.25) is 4.79 Å². The standard InChI is InChI=1S/C20H22N2O2/c1-4-5-19(23)21-16-9-6-14(7-10-16)20-22-17-12-15(13(2)3)8-11-18(17)24-20/h6-13H,4-5H2,1-3H3,(H,21,23). The molecule has 0 unspecified atom stereocenters. The highest BCUT2D eigenvalue weighted by Gasteiger charge is 2.10.